The number of aliphatic hydroxyl groups is 1. The Bertz CT molecular complexity index is 466. The van der Waals surface area contributed by atoms with Crippen LogP contribution in [0.5, 0.6) is 0 Å². The van der Waals surface area contributed by atoms with Gasteiger partial charge in [-0.1, -0.05) is 6.92 Å². The van der Waals surface area contributed by atoms with Crippen LogP contribution in [0.3, 0.4) is 0 Å². The van der Waals surface area contributed by atoms with Gasteiger partial charge < -0.3 is 14.9 Å². The Kier molecular flexibility index (Phi) is 5.13. The molecular weight excluding hydrogens is 270 g/mol. The zero-order valence-electron chi connectivity index (χ0n) is 13.0. The first-order valence-corrected chi connectivity index (χ1v) is 7.49. The minimum absolute atomic E-state index is 0.196. The molecule has 0 aliphatic carbocycles. The fraction of sp³-hybridized carbons (Fsp3) is 0.769. The van der Waals surface area contributed by atoms with Crippen LogP contribution in [0.25, 0.3) is 0 Å². The second-order valence-corrected chi connectivity index (χ2v) is 5.35. The summed E-state index contributed by atoms with van der Waals surface area (Å²) in [5.74, 6) is 7.26. The van der Waals surface area contributed by atoms with Gasteiger partial charge >= 0.3 is 0 Å². The van der Waals surface area contributed by atoms with Crippen molar-refractivity contribution in [3.05, 3.63) is 0 Å². The molecule has 1 aromatic heterocycles. The fourth-order valence-electron chi connectivity index (χ4n) is 2.52. The first-order chi connectivity index (χ1) is 10.1. The number of hydrogen-bond acceptors (Lipinski definition) is 8. The van der Waals surface area contributed by atoms with E-state index in [0.29, 0.717) is 17.8 Å². The number of aromatic nitrogens is 3. The van der Waals surface area contributed by atoms with Crippen molar-refractivity contribution in [3.8, 4) is 0 Å². The normalized spacial score (nSPS) is 22.2. The number of piperidine rings is 1. The molecule has 2 heterocycles. The van der Waals surface area contributed by atoms with Crippen LogP contribution in [0.2, 0.25) is 0 Å². The third-order valence-electron chi connectivity index (χ3n) is 3.93. The van der Waals surface area contributed by atoms with Gasteiger partial charge in [0.25, 0.3) is 0 Å². The topological polar surface area (TPSA) is 103 Å². The molecule has 0 saturated carbocycles. The summed E-state index contributed by atoms with van der Waals surface area (Å²) in [5, 5.41) is 9.84. The summed E-state index contributed by atoms with van der Waals surface area (Å²) in [7, 11) is 0. The van der Waals surface area contributed by atoms with Crippen molar-refractivity contribution in [2.45, 2.75) is 33.3 Å². The van der Waals surface area contributed by atoms with Gasteiger partial charge in [0.05, 0.1) is 6.10 Å². The summed E-state index contributed by atoms with van der Waals surface area (Å²) in [6.45, 7) is 9.25. The molecule has 1 aliphatic heterocycles. The highest BCUT2D eigenvalue weighted by atomic mass is 16.3. The monoisotopic (exact) mass is 295 g/mol. The Morgan fingerprint density at radius 1 is 1.33 bits per heavy atom. The molecule has 0 radical (unpaired) electrons. The summed E-state index contributed by atoms with van der Waals surface area (Å²) in [6.07, 6.45) is 0.469. The Balaban J connectivity index is 2.28. The maximum atomic E-state index is 9.84. The number of nitrogen functional groups attached to an aromatic ring is 1. The van der Waals surface area contributed by atoms with E-state index in [1.54, 1.807) is 0 Å². The number of aliphatic hydroxyl groups excluding tert-OH is 1. The van der Waals surface area contributed by atoms with E-state index in [1.165, 1.54) is 0 Å². The SMILES string of the molecule is CCN(CC)c1nc(NN)nc(N2CCC(O)C(C)C2)n1. The molecule has 1 aromatic rings. The van der Waals surface area contributed by atoms with Crippen LogP contribution in [0.15, 0.2) is 0 Å². The molecule has 1 saturated heterocycles. The summed E-state index contributed by atoms with van der Waals surface area (Å²) >= 11 is 0. The van der Waals surface area contributed by atoms with Gasteiger partial charge in [0.15, 0.2) is 0 Å². The predicted molar refractivity (Wildman–Crippen MR) is 83.2 cm³/mol. The van der Waals surface area contributed by atoms with Gasteiger partial charge in [-0.3, -0.25) is 5.43 Å². The van der Waals surface area contributed by atoms with E-state index in [-0.39, 0.29) is 12.0 Å². The highest BCUT2D eigenvalue weighted by molar-refractivity contribution is 5.45. The zero-order valence-corrected chi connectivity index (χ0v) is 13.0. The van der Waals surface area contributed by atoms with Crippen LogP contribution in [0, 0.1) is 5.92 Å². The van der Waals surface area contributed by atoms with Crippen molar-refractivity contribution in [1.29, 1.82) is 0 Å². The van der Waals surface area contributed by atoms with Crippen molar-refractivity contribution in [3.63, 3.8) is 0 Å². The fourth-order valence-corrected chi connectivity index (χ4v) is 2.52. The van der Waals surface area contributed by atoms with Gasteiger partial charge in [0.1, 0.15) is 0 Å². The van der Waals surface area contributed by atoms with E-state index in [1.807, 2.05) is 11.8 Å². The van der Waals surface area contributed by atoms with E-state index in [0.717, 1.165) is 32.6 Å². The molecule has 118 valence electrons. The van der Waals surface area contributed by atoms with E-state index in [4.69, 9.17) is 5.84 Å². The summed E-state index contributed by atoms with van der Waals surface area (Å²) in [6, 6.07) is 0. The highest BCUT2D eigenvalue weighted by Crippen LogP contribution is 2.22. The third kappa shape index (κ3) is 3.51. The molecule has 0 spiro atoms. The number of nitrogens with zero attached hydrogens (tertiary/aromatic N) is 5. The number of hydrogen-bond donors (Lipinski definition) is 3. The first kappa shape index (κ1) is 15.7. The Hall–Kier alpha value is -1.67. The van der Waals surface area contributed by atoms with Crippen LogP contribution in [0.1, 0.15) is 27.2 Å². The molecule has 2 rings (SSSR count). The van der Waals surface area contributed by atoms with Gasteiger partial charge in [-0.15, -0.1) is 0 Å². The van der Waals surface area contributed by atoms with Crippen molar-refractivity contribution < 1.29 is 5.11 Å². The molecular formula is C13H25N7O. The van der Waals surface area contributed by atoms with E-state index < -0.39 is 0 Å². The van der Waals surface area contributed by atoms with E-state index in [2.05, 4.69) is 39.1 Å². The summed E-state index contributed by atoms with van der Waals surface area (Å²) in [5.41, 5.74) is 2.50. The Labute approximate surface area is 125 Å². The minimum atomic E-state index is -0.252. The lowest BCUT2D eigenvalue weighted by atomic mass is 9.97. The molecule has 2 atom stereocenters. The molecule has 4 N–H and O–H groups in total. The number of anilines is 3. The second kappa shape index (κ2) is 6.86. The molecule has 1 fully saturated rings. The minimum Gasteiger partial charge on any atom is -0.393 e. The van der Waals surface area contributed by atoms with Gasteiger partial charge in [-0.05, 0) is 26.2 Å². The van der Waals surface area contributed by atoms with Crippen LogP contribution in [-0.4, -0.2) is 52.3 Å². The number of nitrogens with two attached hydrogens (primary N) is 1. The van der Waals surface area contributed by atoms with Gasteiger partial charge in [-0.2, -0.15) is 15.0 Å². The Morgan fingerprint density at radius 2 is 2.05 bits per heavy atom. The van der Waals surface area contributed by atoms with Crippen LogP contribution in [-0.2, 0) is 0 Å². The standard InChI is InChI=1S/C13H25N7O/c1-4-19(5-2)12-15-11(18-14)16-13(17-12)20-7-6-10(21)9(3)8-20/h9-10,21H,4-8,14H2,1-3H3,(H,15,16,17,18). The molecule has 0 amide bonds. The molecule has 0 aromatic carbocycles. The molecule has 8 heteroatoms. The van der Waals surface area contributed by atoms with Crippen molar-refractivity contribution in [1.82, 2.24) is 15.0 Å². The van der Waals surface area contributed by atoms with Crippen molar-refractivity contribution in [2.75, 3.05) is 41.4 Å². The highest BCUT2D eigenvalue weighted by Gasteiger charge is 2.26. The van der Waals surface area contributed by atoms with Crippen molar-refractivity contribution in [2.24, 2.45) is 11.8 Å². The summed E-state index contributed by atoms with van der Waals surface area (Å²) in [4.78, 5) is 17.3. The maximum absolute atomic E-state index is 9.84. The lowest BCUT2D eigenvalue weighted by Gasteiger charge is -2.34. The Morgan fingerprint density at radius 3 is 2.62 bits per heavy atom. The molecule has 8 nitrogen and oxygen atoms in total. The number of nitrogens with one attached hydrogen (secondary N) is 1. The molecule has 0 bridgehead atoms. The first-order valence-electron chi connectivity index (χ1n) is 7.49. The molecule has 2 unspecified atom stereocenters. The van der Waals surface area contributed by atoms with Gasteiger partial charge in [-0.25, -0.2) is 5.84 Å². The van der Waals surface area contributed by atoms with Crippen LogP contribution >= 0.6 is 0 Å². The predicted octanol–water partition coefficient (Wildman–Crippen LogP) is 0.211. The van der Waals surface area contributed by atoms with Crippen molar-refractivity contribution >= 4 is 17.8 Å². The van der Waals surface area contributed by atoms with Crippen LogP contribution < -0.4 is 21.1 Å². The number of rotatable bonds is 5. The smallest absolute Gasteiger partial charge is 0.243 e. The van der Waals surface area contributed by atoms with E-state index >= 15 is 0 Å². The van der Waals surface area contributed by atoms with E-state index in [9.17, 15) is 5.11 Å². The molecule has 21 heavy (non-hydrogen) atoms. The maximum Gasteiger partial charge on any atom is 0.243 e. The average Bonchev–Trinajstić information content (AvgIpc) is 2.51. The lowest BCUT2D eigenvalue weighted by Crippen LogP contribution is -2.43. The third-order valence-corrected chi connectivity index (χ3v) is 3.93. The average molecular weight is 295 g/mol. The molecule has 1 aliphatic rings. The second-order valence-electron chi connectivity index (χ2n) is 5.35. The lowest BCUT2D eigenvalue weighted by molar-refractivity contribution is 0.0966. The van der Waals surface area contributed by atoms with Gasteiger partial charge in [0, 0.05) is 26.2 Å². The zero-order chi connectivity index (χ0) is 15.4. The largest absolute Gasteiger partial charge is 0.393 e. The summed E-state index contributed by atoms with van der Waals surface area (Å²) < 4.78 is 0. The quantitative estimate of drug-likeness (QED) is 0.523. The van der Waals surface area contributed by atoms with Crippen LogP contribution in [0.4, 0.5) is 17.8 Å². The van der Waals surface area contributed by atoms with Gasteiger partial charge in [0.2, 0.25) is 17.8 Å². The number of hydrazine groups is 1.